The Morgan fingerprint density at radius 1 is 0.929 bits per heavy atom. The number of rotatable bonds is 7. The molecule has 1 fully saturated rings. The zero-order chi connectivity index (χ0) is 19.3. The lowest BCUT2D eigenvalue weighted by atomic mass is 10.1. The Hall–Kier alpha value is -3.14. The van der Waals surface area contributed by atoms with E-state index in [0.717, 1.165) is 43.1 Å². The van der Waals surface area contributed by atoms with Gasteiger partial charge in [0.25, 0.3) is 0 Å². The standard InChI is InChI=1S/C24H25N3O/c1-18-22(26-24(28)21-12-13-21)14-15-23(25-18)27(16-19-8-4-2-5-9-19)17-20-10-6-3-7-11-20/h2-11,14-15,21H,12-13,16-17H2,1H3,(H,26,28). The molecule has 0 unspecified atom stereocenters. The van der Waals surface area contributed by atoms with E-state index in [4.69, 9.17) is 4.98 Å². The SMILES string of the molecule is Cc1nc(N(Cc2ccccc2)Cc2ccccc2)ccc1NC(=O)C1CC1. The van der Waals surface area contributed by atoms with E-state index in [0.29, 0.717) is 0 Å². The Morgan fingerprint density at radius 2 is 1.50 bits per heavy atom. The molecule has 1 aromatic heterocycles. The van der Waals surface area contributed by atoms with Crippen LogP contribution in [0.4, 0.5) is 11.5 Å². The molecule has 0 saturated heterocycles. The molecule has 1 N–H and O–H groups in total. The molecule has 1 amide bonds. The van der Waals surface area contributed by atoms with Gasteiger partial charge in [0.15, 0.2) is 0 Å². The first-order valence-electron chi connectivity index (χ1n) is 9.80. The number of nitrogens with zero attached hydrogens (tertiary/aromatic N) is 2. The largest absolute Gasteiger partial charge is 0.348 e. The van der Waals surface area contributed by atoms with Crippen LogP contribution in [0.1, 0.15) is 29.7 Å². The van der Waals surface area contributed by atoms with E-state index >= 15 is 0 Å². The number of carbonyl (C=O) groups is 1. The fourth-order valence-corrected chi connectivity index (χ4v) is 3.26. The third-order valence-electron chi connectivity index (χ3n) is 5.03. The number of amides is 1. The van der Waals surface area contributed by atoms with Gasteiger partial charge in [-0.1, -0.05) is 60.7 Å². The minimum Gasteiger partial charge on any atom is -0.348 e. The third-order valence-corrected chi connectivity index (χ3v) is 5.03. The minimum absolute atomic E-state index is 0.114. The Balaban J connectivity index is 1.57. The predicted molar refractivity (Wildman–Crippen MR) is 113 cm³/mol. The predicted octanol–water partition coefficient (Wildman–Crippen LogP) is 4.95. The number of hydrogen-bond acceptors (Lipinski definition) is 3. The molecular formula is C24H25N3O. The summed E-state index contributed by atoms with van der Waals surface area (Å²) in [7, 11) is 0. The molecule has 0 radical (unpaired) electrons. The molecule has 1 saturated carbocycles. The Kier molecular flexibility index (Phi) is 5.38. The topological polar surface area (TPSA) is 45.2 Å². The van der Waals surface area contributed by atoms with E-state index in [1.807, 2.05) is 31.2 Å². The van der Waals surface area contributed by atoms with Gasteiger partial charge in [0.2, 0.25) is 5.91 Å². The molecule has 1 heterocycles. The number of pyridine rings is 1. The highest BCUT2D eigenvalue weighted by molar-refractivity contribution is 5.94. The smallest absolute Gasteiger partial charge is 0.227 e. The molecule has 2 aromatic carbocycles. The summed E-state index contributed by atoms with van der Waals surface area (Å²) in [5, 5.41) is 3.02. The quantitative estimate of drug-likeness (QED) is 0.639. The van der Waals surface area contributed by atoms with Gasteiger partial charge in [-0.15, -0.1) is 0 Å². The summed E-state index contributed by atoms with van der Waals surface area (Å²) in [5.41, 5.74) is 4.13. The Labute approximate surface area is 166 Å². The van der Waals surface area contributed by atoms with Crippen LogP contribution in [-0.4, -0.2) is 10.9 Å². The summed E-state index contributed by atoms with van der Waals surface area (Å²) in [6.45, 7) is 3.50. The highest BCUT2D eigenvalue weighted by atomic mass is 16.2. The van der Waals surface area contributed by atoms with Gasteiger partial charge in [0.05, 0.1) is 11.4 Å². The first-order chi connectivity index (χ1) is 13.7. The molecule has 4 rings (SSSR count). The molecule has 142 valence electrons. The van der Waals surface area contributed by atoms with Crippen molar-refractivity contribution in [2.45, 2.75) is 32.9 Å². The van der Waals surface area contributed by atoms with Crippen LogP contribution in [0.3, 0.4) is 0 Å². The van der Waals surface area contributed by atoms with Crippen LogP contribution in [0.2, 0.25) is 0 Å². The number of aryl methyl sites for hydroxylation is 1. The number of aromatic nitrogens is 1. The average molecular weight is 371 g/mol. The van der Waals surface area contributed by atoms with E-state index in [1.165, 1.54) is 11.1 Å². The van der Waals surface area contributed by atoms with E-state index in [9.17, 15) is 4.79 Å². The number of nitrogens with one attached hydrogen (secondary N) is 1. The van der Waals surface area contributed by atoms with Crippen LogP contribution in [0.5, 0.6) is 0 Å². The van der Waals surface area contributed by atoms with Gasteiger partial charge in [0, 0.05) is 19.0 Å². The van der Waals surface area contributed by atoms with Gasteiger partial charge >= 0.3 is 0 Å². The highest BCUT2D eigenvalue weighted by Crippen LogP contribution is 2.31. The van der Waals surface area contributed by atoms with E-state index in [-0.39, 0.29) is 11.8 Å². The van der Waals surface area contributed by atoms with Crippen molar-refractivity contribution in [2.75, 3.05) is 10.2 Å². The zero-order valence-corrected chi connectivity index (χ0v) is 16.1. The molecule has 0 spiro atoms. The maximum Gasteiger partial charge on any atom is 0.227 e. The van der Waals surface area contributed by atoms with Gasteiger partial charge in [-0.25, -0.2) is 4.98 Å². The lowest BCUT2D eigenvalue weighted by Gasteiger charge is -2.25. The van der Waals surface area contributed by atoms with Crippen molar-refractivity contribution in [3.05, 3.63) is 89.6 Å². The normalized spacial score (nSPS) is 13.2. The second kappa shape index (κ2) is 8.26. The summed E-state index contributed by atoms with van der Waals surface area (Å²) >= 11 is 0. The fraction of sp³-hybridized carbons (Fsp3) is 0.250. The van der Waals surface area contributed by atoms with E-state index < -0.39 is 0 Å². The van der Waals surface area contributed by atoms with Crippen LogP contribution in [0.15, 0.2) is 72.8 Å². The molecule has 28 heavy (non-hydrogen) atoms. The Morgan fingerprint density at radius 3 is 2.00 bits per heavy atom. The summed E-state index contributed by atoms with van der Waals surface area (Å²) < 4.78 is 0. The summed E-state index contributed by atoms with van der Waals surface area (Å²) in [6.07, 6.45) is 2.00. The molecule has 4 heteroatoms. The molecule has 0 atom stereocenters. The molecule has 0 aliphatic heterocycles. The number of carbonyl (C=O) groups excluding carboxylic acids is 1. The van der Waals surface area contributed by atoms with Crippen molar-refractivity contribution >= 4 is 17.4 Å². The van der Waals surface area contributed by atoms with Crippen molar-refractivity contribution in [3.63, 3.8) is 0 Å². The molecule has 0 bridgehead atoms. The zero-order valence-electron chi connectivity index (χ0n) is 16.1. The van der Waals surface area contributed by atoms with Crippen molar-refractivity contribution < 1.29 is 4.79 Å². The molecular weight excluding hydrogens is 346 g/mol. The lowest BCUT2D eigenvalue weighted by molar-refractivity contribution is -0.117. The van der Waals surface area contributed by atoms with Crippen LogP contribution in [0.25, 0.3) is 0 Å². The second-order valence-corrected chi connectivity index (χ2v) is 7.39. The maximum atomic E-state index is 12.1. The van der Waals surface area contributed by atoms with Gasteiger partial charge < -0.3 is 10.2 Å². The van der Waals surface area contributed by atoms with Gasteiger partial charge in [-0.3, -0.25) is 4.79 Å². The van der Waals surface area contributed by atoms with Crippen molar-refractivity contribution in [2.24, 2.45) is 5.92 Å². The molecule has 1 aliphatic carbocycles. The third kappa shape index (κ3) is 4.58. The molecule has 4 nitrogen and oxygen atoms in total. The summed E-state index contributed by atoms with van der Waals surface area (Å²) in [5.74, 6) is 1.21. The van der Waals surface area contributed by atoms with Crippen LogP contribution in [0, 0.1) is 12.8 Å². The van der Waals surface area contributed by atoms with Gasteiger partial charge in [-0.2, -0.15) is 0 Å². The van der Waals surface area contributed by atoms with Crippen LogP contribution in [-0.2, 0) is 17.9 Å². The number of hydrogen-bond donors (Lipinski definition) is 1. The number of anilines is 2. The van der Waals surface area contributed by atoms with Gasteiger partial charge in [-0.05, 0) is 43.0 Å². The fourth-order valence-electron chi connectivity index (χ4n) is 3.26. The Bertz CT molecular complexity index is 895. The van der Waals surface area contributed by atoms with E-state index in [2.05, 4.69) is 58.7 Å². The summed E-state index contributed by atoms with van der Waals surface area (Å²) in [6, 6.07) is 24.8. The monoisotopic (exact) mass is 371 g/mol. The highest BCUT2D eigenvalue weighted by Gasteiger charge is 2.29. The summed E-state index contributed by atoms with van der Waals surface area (Å²) in [4.78, 5) is 19.2. The van der Waals surface area contributed by atoms with Crippen molar-refractivity contribution in [3.8, 4) is 0 Å². The lowest BCUT2D eigenvalue weighted by Crippen LogP contribution is -2.23. The molecule has 3 aromatic rings. The van der Waals surface area contributed by atoms with Gasteiger partial charge in [0.1, 0.15) is 5.82 Å². The number of benzene rings is 2. The van der Waals surface area contributed by atoms with E-state index in [1.54, 1.807) is 0 Å². The first-order valence-corrected chi connectivity index (χ1v) is 9.80. The maximum absolute atomic E-state index is 12.1. The van der Waals surface area contributed by atoms with Crippen molar-refractivity contribution in [1.82, 2.24) is 4.98 Å². The van der Waals surface area contributed by atoms with Crippen LogP contribution >= 0.6 is 0 Å². The second-order valence-electron chi connectivity index (χ2n) is 7.39. The van der Waals surface area contributed by atoms with Crippen molar-refractivity contribution in [1.29, 1.82) is 0 Å². The van der Waals surface area contributed by atoms with Crippen LogP contribution < -0.4 is 10.2 Å². The minimum atomic E-state index is 0.114. The molecule has 1 aliphatic rings. The average Bonchev–Trinajstić information content (AvgIpc) is 3.56. The first kappa shape index (κ1) is 18.2.